The van der Waals surface area contributed by atoms with Crippen LogP contribution in [0.2, 0.25) is 0 Å². The summed E-state index contributed by atoms with van der Waals surface area (Å²) in [5.41, 5.74) is 0.335. The number of hydrogen-bond acceptors (Lipinski definition) is 4. The van der Waals surface area contributed by atoms with E-state index in [9.17, 15) is 4.79 Å². The Bertz CT molecular complexity index is 275. The average Bonchev–Trinajstić information content (AvgIpc) is 2.70. The van der Waals surface area contributed by atoms with Crippen molar-refractivity contribution in [2.45, 2.75) is 18.6 Å². The fourth-order valence-electron chi connectivity index (χ4n) is 0.908. The number of aromatic nitrogens is 3. The lowest BCUT2D eigenvalue weighted by Crippen LogP contribution is -2.26. The van der Waals surface area contributed by atoms with Crippen LogP contribution in [0.5, 0.6) is 0 Å². The first-order valence-corrected chi connectivity index (χ1v) is 5.69. The molecule has 0 bridgehead atoms. The molecule has 1 aromatic rings. The van der Waals surface area contributed by atoms with Crippen molar-refractivity contribution in [2.24, 2.45) is 0 Å². The normalized spacial score (nSPS) is 12.4. The number of hydrogen-bond donors (Lipinski definition) is 2. The van der Waals surface area contributed by atoms with Crippen LogP contribution in [0.25, 0.3) is 0 Å². The molecular weight excluding hydrogens is 200 g/mol. The van der Waals surface area contributed by atoms with E-state index in [0.717, 1.165) is 6.42 Å². The summed E-state index contributed by atoms with van der Waals surface area (Å²) in [6.45, 7) is 2.81. The number of aromatic amines is 1. The molecule has 1 heterocycles. The molecule has 0 aromatic carbocycles. The van der Waals surface area contributed by atoms with E-state index in [1.807, 2.05) is 0 Å². The van der Waals surface area contributed by atoms with E-state index in [1.165, 1.54) is 6.20 Å². The molecular formula is C8H14N4OS. The Hall–Kier alpha value is -1.04. The number of amides is 1. The molecule has 0 saturated heterocycles. The molecule has 0 aliphatic rings. The smallest absolute Gasteiger partial charge is 0.273 e. The lowest BCUT2D eigenvalue weighted by molar-refractivity contribution is 0.0948. The van der Waals surface area contributed by atoms with Crippen molar-refractivity contribution in [2.75, 3.05) is 12.8 Å². The summed E-state index contributed by atoms with van der Waals surface area (Å²) in [6, 6.07) is 0. The van der Waals surface area contributed by atoms with E-state index < -0.39 is 0 Å². The molecule has 0 saturated carbocycles. The van der Waals surface area contributed by atoms with Crippen molar-refractivity contribution in [3.05, 3.63) is 11.9 Å². The summed E-state index contributed by atoms with van der Waals surface area (Å²) in [4.78, 5) is 11.3. The van der Waals surface area contributed by atoms with Crippen molar-refractivity contribution in [3.8, 4) is 0 Å². The minimum atomic E-state index is -0.174. The first-order valence-electron chi connectivity index (χ1n) is 4.40. The minimum Gasteiger partial charge on any atom is -0.351 e. The summed E-state index contributed by atoms with van der Waals surface area (Å²) in [7, 11) is 0. The molecule has 0 fully saturated rings. The van der Waals surface area contributed by atoms with Crippen LogP contribution in [0.4, 0.5) is 0 Å². The van der Waals surface area contributed by atoms with Crippen LogP contribution in [0.15, 0.2) is 6.20 Å². The zero-order valence-corrected chi connectivity index (χ0v) is 9.10. The quantitative estimate of drug-likeness (QED) is 0.756. The molecule has 0 aliphatic heterocycles. The standard InChI is InChI=1S/C8H14N4OS/c1-6(14-2)3-4-9-8(13)7-5-10-12-11-7/h5-6H,3-4H2,1-2H3,(H,9,13)(H,10,11,12). The molecule has 14 heavy (non-hydrogen) atoms. The second-order valence-electron chi connectivity index (χ2n) is 2.95. The number of carbonyl (C=O) groups excluding carboxylic acids is 1. The van der Waals surface area contributed by atoms with E-state index in [0.29, 0.717) is 17.5 Å². The molecule has 6 heteroatoms. The van der Waals surface area contributed by atoms with Crippen LogP contribution < -0.4 is 5.32 Å². The topological polar surface area (TPSA) is 70.7 Å². The Labute approximate surface area is 87.0 Å². The van der Waals surface area contributed by atoms with Gasteiger partial charge in [-0.25, -0.2) is 0 Å². The first-order chi connectivity index (χ1) is 6.74. The van der Waals surface area contributed by atoms with Gasteiger partial charge in [0.1, 0.15) is 0 Å². The SMILES string of the molecule is CSC(C)CCNC(=O)c1cn[nH]n1. The predicted octanol–water partition coefficient (Wildman–Crippen LogP) is 0.676. The number of H-pyrrole nitrogens is 1. The predicted molar refractivity (Wildman–Crippen MR) is 56.3 cm³/mol. The fourth-order valence-corrected chi connectivity index (χ4v) is 1.26. The van der Waals surface area contributed by atoms with Crippen LogP contribution in [0, 0.1) is 0 Å². The van der Waals surface area contributed by atoms with Gasteiger partial charge in [0.05, 0.1) is 6.20 Å². The van der Waals surface area contributed by atoms with Crippen molar-refractivity contribution in [1.82, 2.24) is 20.7 Å². The van der Waals surface area contributed by atoms with Crippen LogP contribution in [-0.2, 0) is 0 Å². The Balaban J connectivity index is 2.23. The summed E-state index contributed by atoms with van der Waals surface area (Å²) >= 11 is 1.79. The largest absolute Gasteiger partial charge is 0.351 e. The zero-order chi connectivity index (χ0) is 10.4. The van der Waals surface area contributed by atoms with Crippen molar-refractivity contribution < 1.29 is 4.79 Å². The maximum Gasteiger partial charge on any atom is 0.273 e. The number of rotatable bonds is 5. The van der Waals surface area contributed by atoms with Gasteiger partial charge in [0.2, 0.25) is 0 Å². The molecule has 78 valence electrons. The zero-order valence-electron chi connectivity index (χ0n) is 8.28. The van der Waals surface area contributed by atoms with Gasteiger partial charge in [0.25, 0.3) is 5.91 Å². The van der Waals surface area contributed by atoms with Crippen LogP contribution in [-0.4, -0.2) is 39.4 Å². The third kappa shape index (κ3) is 3.37. The van der Waals surface area contributed by atoms with Crippen LogP contribution in [0.1, 0.15) is 23.8 Å². The molecule has 1 rings (SSSR count). The highest BCUT2D eigenvalue weighted by molar-refractivity contribution is 7.99. The fraction of sp³-hybridized carbons (Fsp3) is 0.625. The number of thioether (sulfide) groups is 1. The van der Waals surface area contributed by atoms with Gasteiger partial charge in [0.15, 0.2) is 5.69 Å². The third-order valence-corrected chi connectivity index (χ3v) is 2.93. The molecule has 1 amide bonds. The van der Waals surface area contributed by atoms with Gasteiger partial charge >= 0.3 is 0 Å². The third-order valence-electron chi connectivity index (χ3n) is 1.89. The van der Waals surface area contributed by atoms with Crippen molar-refractivity contribution >= 4 is 17.7 Å². The molecule has 0 spiro atoms. The Morgan fingerprint density at radius 1 is 1.79 bits per heavy atom. The van der Waals surface area contributed by atoms with Gasteiger partial charge in [0, 0.05) is 11.8 Å². The lowest BCUT2D eigenvalue weighted by atomic mass is 10.3. The molecule has 1 unspecified atom stereocenters. The van der Waals surface area contributed by atoms with Gasteiger partial charge < -0.3 is 5.32 Å². The van der Waals surface area contributed by atoms with E-state index >= 15 is 0 Å². The van der Waals surface area contributed by atoms with Gasteiger partial charge in [-0.15, -0.1) is 0 Å². The highest BCUT2D eigenvalue weighted by atomic mass is 32.2. The van der Waals surface area contributed by atoms with Crippen molar-refractivity contribution in [3.63, 3.8) is 0 Å². The Kier molecular flexibility index (Phi) is 4.45. The van der Waals surface area contributed by atoms with Crippen LogP contribution in [0.3, 0.4) is 0 Å². The second-order valence-corrected chi connectivity index (χ2v) is 4.22. The minimum absolute atomic E-state index is 0.174. The summed E-state index contributed by atoms with van der Waals surface area (Å²) in [6.07, 6.45) is 4.43. The van der Waals surface area contributed by atoms with E-state index in [4.69, 9.17) is 0 Å². The average molecular weight is 214 g/mol. The van der Waals surface area contributed by atoms with E-state index in [1.54, 1.807) is 11.8 Å². The van der Waals surface area contributed by atoms with Crippen molar-refractivity contribution in [1.29, 1.82) is 0 Å². The molecule has 1 atom stereocenters. The summed E-state index contributed by atoms with van der Waals surface area (Å²) in [5, 5.41) is 13.0. The molecule has 0 aliphatic carbocycles. The Morgan fingerprint density at radius 2 is 2.57 bits per heavy atom. The van der Waals surface area contributed by atoms with Gasteiger partial charge in [-0.2, -0.15) is 27.2 Å². The van der Waals surface area contributed by atoms with E-state index in [2.05, 4.69) is 33.9 Å². The molecule has 1 aromatic heterocycles. The summed E-state index contributed by atoms with van der Waals surface area (Å²) < 4.78 is 0. The number of nitrogens with zero attached hydrogens (tertiary/aromatic N) is 2. The van der Waals surface area contributed by atoms with Crippen LogP contribution >= 0.6 is 11.8 Å². The summed E-state index contributed by atoms with van der Waals surface area (Å²) in [5.74, 6) is -0.174. The van der Waals surface area contributed by atoms with Gasteiger partial charge in [-0.1, -0.05) is 6.92 Å². The maximum atomic E-state index is 11.3. The highest BCUT2D eigenvalue weighted by Gasteiger charge is 2.07. The molecule has 0 radical (unpaired) electrons. The molecule has 5 nitrogen and oxygen atoms in total. The molecule has 2 N–H and O–H groups in total. The van der Waals surface area contributed by atoms with E-state index in [-0.39, 0.29) is 5.91 Å². The number of nitrogens with one attached hydrogen (secondary N) is 2. The Morgan fingerprint density at radius 3 is 3.14 bits per heavy atom. The first kappa shape index (κ1) is 11.0. The maximum absolute atomic E-state index is 11.3. The van der Waals surface area contributed by atoms with Gasteiger partial charge in [-0.05, 0) is 12.7 Å². The van der Waals surface area contributed by atoms with Gasteiger partial charge in [-0.3, -0.25) is 4.79 Å². The number of carbonyl (C=O) groups is 1. The second kappa shape index (κ2) is 5.64. The monoisotopic (exact) mass is 214 g/mol. The lowest BCUT2D eigenvalue weighted by Gasteiger charge is -2.07. The highest BCUT2D eigenvalue weighted by Crippen LogP contribution is 2.07.